The lowest BCUT2D eigenvalue weighted by molar-refractivity contribution is -0.128. The molecule has 1 aliphatic rings. The second kappa shape index (κ2) is 8.32. The number of amides is 1. The monoisotopic (exact) mass is 418 g/mol. The number of fused-ring (bicyclic) bond motifs is 1. The number of benzene rings is 2. The topological polar surface area (TPSA) is 84.9 Å². The SMILES string of the molecule is CC[C@@H](NC(=O)[C@@H]1CN(S(C)(=O)=O)c2ccccc2O1)c1ccc(OC)c(C)c1. The van der Waals surface area contributed by atoms with Crippen molar-refractivity contribution in [3.8, 4) is 11.5 Å². The fourth-order valence-electron chi connectivity index (χ4n) is 3.46. The van der Waals surface area contributed by atoms with Crippen LogP contribution in [0.4, 0.5) is 5.69 Å². The minimum Gasteiger partial charge on any atom is -0.496 e. The van der Waals surface area contributed by atoms with E-state index in [4.69, 9.17) is 9.47 Å². The van der Waals surface area contributed by atoms with E-state index in [1.54, 1.807) is 31.4 Å². The fourth-order valence-corrected chi connectivity index (χ4v) is 4.37. The zero-order valence-electron chi connectivity index (χ0n) is 17.0. The van der Waals surface area contributed by atoms with E-state index >= 15 is 0 Å². The summed E-state index contributed by atoms with van der Waals surface area (Å²) in [7, 11) is -1.93. The van der Waals surface area contributed by atoms with E-state index in [-0.39, 0.29) is 18.5 Å². The number of nitrogens with one attached hydrogen (secondary N) is 1. The summed E-state index contributed by atoms with van der Waals surface area (Å²) in [5.41, 5.74) is 2.37. The molecule has 1 amide bonds. The van der Waals surface area contributed by atoms with Gasteiger partial charge in [0.25, 0.3) is 5.91 Å². The molecule has 0 aromatic heterocycles. The van der Waals surface area contributed by atoms with Crippen LogP contribution in [-0.2, 0) is 14.8 Å². The molecule has 3 rings (SSSR count). The molecular weight excluding hydrogens is 392 g/mol. The van der Waals surface area contributed by atoms with Crippen LogP contribution in [0.25, 0.3) is 0 Å². The van der Waals surface area contributed by atoms with Gasteiger partial charge in [0, 0.05) is 0 Å². The van der Waals surface area contributed by atoms with Gasteiger partial charge in [0.1, 0.15) is 11.5 Å². The molecule has 7 nitrogen and oxygen atoms in total. The average Bonchev–Trinajstić information content (AvgIpc) is 2.70. The Morgan fingerprint density at radius 1 is 1.31 bits per heavy atom. The van der Waals surface area contributed by atoms with Gasteiger partial charge in [-0.1, -0.05) is 31.2 Å². The Bertz CT molecular complexity index is 1010. The lowest BCUT2D eigenvalue weighted by Crippen LogP contribution is -2.51. The molecule has 1 heterocycles. The van der Waals surface area contributed by atoms with Crippen LogP contribution < -0.4 is 19.1 Å². The number of carbonyl (C=O) groups is 1. The first-order chi connectivity index (χ1) is 13.7. The van der Waals surface area contributed by atoms with Gasteiger partial charge in [0.05, 0.1) is 31.6 Å². The molecule has 0 saturated heterocycles. The van der Waals surface area contributed by atoms with Crippen LogP contribution in [0.2, 0.25) is 0 Å². The van der Waals surface area contributed by atoms with E-state index in [9.17, 15) is 13.2 Å². The van der Waals surface area contributed by atoms with E-state index in [1.807, 2.05) is 32.0 Å². The molecule has 156 valence electrons. The van der Waals surface area contributed by atoms with Gasteiger partial charge in [0.2, 0.25) is 10.0 Å². The Labute approximate surface area is 171 Å². The number of aryl methyl sites for hydroxylation is 1. The lowest BCUT2D eigenvalue weighted by Gasteiger charge is -2.34. The number of carbonyl (C=O) groups excluding carboxylic acids is 1. The highest BCUT2D eigenvalue weighted by molar-refractivity contribution is 7.92. The number of rotatable bonds is 6. The van der Waals surface area contributed by atoms with Gasteiger partial charge >= 0.3 is 0 Å². The van der Waals surface area contributed by atoms with Crippen molar-refractivity contribution >= 4 is 21.6 Å². The van der Waals surface area contributed by atoms with E-state index < -0.39 is 16.1 Å². The van der Waals surface area contributed by atoms with E-state index in [0.717, 1.165) is 23.1 Å². The van der Waals surface area contributed by atoms with Crippen molar-refractivity contribution in [1.82, 2.24) is 5.32 Å². The van der Waals surface area contributed by atoms with E-state index in [0.29, 0.717) is 17.9 Å². The van der Waals surface area contributed by atoms with Crippen LogP contribution in [0.15, 0.2) is 42.5 Å². The zero-order valence-corrected chi connectivity index (χ0v) is 17.8. The summed E-state index contributed by atoms with van der Waals surface area (Å²) in [5, 5.41) is 2.99. The summed E-state index contributed by atoms with van der Waals surface area (Å²) in [6, 6.07) is 12.4. The number of hydrogen-bond acceptors (Lipinski definition) is 5. The van der Waals surface area contributed by atoms with Gasteiger partial charge in [-0.2, -0.15) is 0 Å². The Hall–Kier alpha value is -2.74. The van der Waals surface area contributed by atoms with Gasteiger partial charge < -0.3 is 14.8 Å². The highest BCUT2D eigenvalue weighted by Crippen LogP contribution is 2.35. The highest BCUT2D eigenvalue weighted by atomic mass is 32.2. The molecular formula is C21H26N2O5S. The molecule has 0 radical (unpaired) electrons. The maximum atomic E-state index is 12.9. The predicted octanol–water partition coefficient (Wildman–Crippen LogP) is 2.80. The Morgan fingerprint density at radius 2 is 2.03 bits per heavy atom. The van der Waals surface area contributed by atoms with Gasteiger partial charge in [-0.15, -0.1) is 0 Å². The quantitative estimate of drug-likeness (QED) is 0.780. The maximum absolute atomic E-state index is 12.9. The molecule has 29 heavy (non-hydrogen) atoms. The third kappa shape index (κ3) is 4.48. The largest absolute Gasteiger partial charge is 0.496 e. The Kier molecular flexibility index (Phi) is 6.02. The summed E-state index contributed by atoms with van der Waals surface area (Å²) in [5.74, 6) is 0.803. The van der Waals surface area contributed by atoms with Crippen LogP contribution >= 0.6 is 0 Å². The second-order valence-corrected chi connectivity index (χ2v) is 8.97. The summed E-state index contributed by atoms with van der Waals surface area (Å²) < 4.78 is 36.8. The number of methoxy groups -OCH3 is 1. The van der Waals surface area contributed by atoms with Crippen LogP contribution in [0.3, 0.4) is 0 Å². The molecule has 1 aliphatic heterocycles. The number of nitrogens with zero attached hydrogens (tertiary/aromatic N) is 1. The number of ether oxygens (including phenoxy) is 2. The van der Waals surface area contributed by atoms with Crippen LogP contribution in [0, 0.1) is 6.92 Å². The van der Waals surface area contributed by atoms with Gasteiger partial charge in [-0.05, 0) is 42.7 Å². The third-order valence-corrected chi connectivity index (χ3v) is 6.12. The molecule has 1 N–H and O–H groups in total. The minimum absolute atomic E-state index is 0.0697. The number of para-hydroxylation sites is 2. The van der Waals surface area contributed by atoms with Gasteiger partial charge in [0.15, 0.2) is 6.10 Å². The van der Waals surface area contributed by atoms with Crippen molar-refractivity contribution in [1.29, 1.82) is 0 Å². The number of sulfonamides is 1. The standard InChI is InChI=1S/C21H26N2O5S/c1-5-16(15-10-11-18(27-3)14(2)12-15)22-21(24)20-13-23(29(4,25)26)17-8-6-7-9-19(17)28-20/h6-12,16,20H,5,13H2,1-4H3,(H,22,24)/t16-,20+/m1/s1. The first-order valence-corrected chi connectivity index (χ1v) is 11.3. The normalized spacial score (nSPS) is 17.1. The van der Waals surface area contributed by atoms with Crippen LogP contribution in [0.5, 0.6) is 11.5 Å². The molecule has 2 atom stereocenters. The first kappa shape index (κ1) is 21.0. The van der Waals surface area contributed by atoms with E-state index in [1.165, 1.54) is 4.31 Å². The summed E-state index contributed by atoms with van der Waals surface area (Å²) >= 11 is 0. The summed E-state index contributed by atoms with van der Waals surface area (Å²) in [6.07, 6.45) is 0.864. The Balaban J connectivity index is 1.82. The summed E-state index contributed by atoms with van der Waals surface area (Å²) in [6.45, 7) is 3.85. The summed E-state index contributed by atoms with van der Waals surface area (Å²) in [4.78, 5) is 12.9. The fraction of sp³-hybridized carbons (Fsp3) is 0.381. The van der Waals surface area contributed by atoms with Gasteiger partial charge in [-0.3, -0.25) is 9.10 Å². The molecule has 0 unspecified atom stereocenters. The molecule has 0 fully saturated rings. The minimum atomic E-state index is -3.55. The smallest absolute Gasteiger partial charge is 0.263 e. The van der Waals surface area contributed by atoms with E-state index in [2.05, 4.69) is 5.32 Å². The molecule has 0 spiro atoms. The van der Waals surface area contributed by atoms with Crippen LogP contribution in [-0.4, -0.2) is 40.3 Å². The molecule has 8 heteroatoms. The number of hydrogen-bond donors (Lipinski definition) is 1. The van der Waals surface area contributed by atoms with Crippen molar-refractivity contribution in [3.63, 3.8) is 0 Å². The lowest BCUT2D eigenvalue weighted by atomic mass is 10.0. The molecule has 2 aromatic rings. The first-order valence-electron chi connectivity index (χ1n) is 9.43. The van der Waals surface area contributed by atoms with Crippen LogP contribution in [0.1, 0.15) is 30.5 Å². The average molecular weight is 419 g/mol. The maximum Gasteiger partial charge on any atom is 0.263 e. The van der Waals surface area contributed by atoms with Gasteiger partial charge in [-0.25, -0.2) is 8.42 Å². The number of anilines is 1. The second-order valence-electron chi connectivity index (χ2n) is 7.07. The van der Waals surface area contributed by atoms with Crippen molar-refractivity contribution < 1.29 is 22.7 Å². The molecule has 0 aliphatic carbocycles. The predicted molar refractivity (Wildman–Crippen MR) is 112 cm³/mol. The van der Waals surface area contributed by atoms with Crippen molar-refractivity contribution in [2.75, 3.05) is 24.2 Å². The highest BCUT2D eigenvalue weighted by Gasteiger charge is 2.35. The molecule has 2 aromatic carbocycles. The van der Waals surface area contributed by atoms with Crippen molar-refractivity contribution in [3.05, 3.63) is 53.6 Å². The van der Waals surface area contributed by atoms with Crippen molar-refractivity contribution in [2.45, 2.75) is 32.4 Å². The van der Waals surface area contributed by atoms with Crippen molar-refractivity contribution in [2.24, 2.45) is 0 Å². The Morgan fingerprint density at radius 3 is 2.66 bits per heavy atom. The molecule has 0 bridgehead atoms. The third-order valence-electron chi connectivity index (χ3n) is 4.97. The zero-order chi connectivity index (χ0) is 21.2. The molecule has 0 saturated carbocycles.